The van der Waals surface area contributed by atoms with Crippen molar-refractivity contribution >= 4 is 34.9 Å². The first-order valence-corrected chi connectivity index (χ1v) is 14.6. The highest BCUT2D eigenvalue weighted by atomic mass is 32.1. The number of fused-ring (bicyclic) bond motifs is 1. The number of thiocarbonyl (C=S) groups is 1. The van der Waals surface area contributed by atoms with Crippen LogP contribution in [0, 0.1) is 13.8 Å². The number of nitrogens with zero attached hydrogens (tertiary/aromatic N) is 5. The molecular formula is C32H33N7O3S. The molecule has 0 radical (unpaired) electrons. The van der Waals surface area contributed by atoms with Gasteiger partial charge in [-0.25, -0.2) is 9.97 Å². The topological polar surface area (TPSA) is 96.4 Å². The number of aryl methyl sites for hydroxylation is 2. The van der Waals surface area contributed by atoms with E-state index in [1.165, 1.54) is 5.56 Å². The molecule has 0 spiro atoms. The van der Waals surface area contributed by atoms with Crippen molar-refractivity contribution in [3.63, 3.8) is 0 Å². The van der Waals surface area contributed by atoms with Gasteiger partial charge in [0, 0.05) is 49.8 Å². The summed E-state index contributed by atoms with van der Waals surface area (Å²) in [6.07, 6.45) is 0. The lowest BCUT2D eigenvalue weighted by Crippen LogP contribution is -2.50. The van der Waals surface area contributed by atoms with Crippen LogP contribution in [0.25, 0.3) is 0 Å². The summed E-state index contributed by atoms with van der Waals surface area (Å²) < 4.78 is 16.9. The molecule has 10 nitrogen and oxygen atoms in total. The maximum Gasteiger partial charge on any atom is 0.231 e. The number of guanidine groups is 1. The highest BCUT2D eigenvalue weighted by Gasteiger charge is 2.22. The van der Waals surface area contributed by atoms with Crippen molar-refractivity contribution in [2.75, 3.05) is 43.6 Å². The molecule has 3 aromatic carbocycles. The van der Waals surface area contributed by atoms with E-state index in [1.54, 1.807) is 0 Å². The molecule has 0 bridgehead atoms. The highest BCUT2D eigenvalue weighted by Crippen LogP contribution is 2.33. The summed E-state index contributed by atoms with van der Waals surface area (Å²) in [5.74, 6) is 4.22. The SMILES string of the molecule is Cc1cc(C)nc(N/C(=N/C(=S)Nc2ccc(Oc3ccccc3)cc2)N2CCN(Cc3ccc4c(c3)OCO4)CC2)n1. The molecule has 0 aliphatic carbocycles. The molecule has 2 N–H and O–H groups in total. The minimum absolute atomic E-state index is 0.279. The third kappa shape index (κ3) is 7.56. The lowest BCUT2D eigenvalue weighted by molar-refractivity contribution is 0.172. The van der Waals surface area contributed by atoms with E-state index in [-0.39, 0.29) is 6.79 Å². The summed E-state index contributed by atoms with van der Waals surface area (Å²) in [5.41, 5.74) is 3.76. The molecule has 4 aromatic rings. The average molecular weight is 596 g/mol. The molecule has 0 unspecified atom stereocenters. The predicted molar refractivity (Wildman–Crippen MR) is 171 cm³/mol. The number of ether oxygens (including phenoxy) is 3. The number of aromatic nitrogens is 2. The second kappa shape index (κ2) is 13.1. The Kier molecular flexibility index (Phi) is 8.62. The molecule has 11 heteroatoms. The zero-order valence-electron chi connectivity index (χ0n) is 24.1. The molecule has 0 saturated carbocycles. The molecule has 1 fully saturated rings. The lowest BCUT2D eigenvalue weighted by Gasteiger charge is -2.36. The molecule has 1 saturated heterocycles. The van der Waals surface area contributed by atoms with Gasteiger partial charge < -0.3 is 24.4 Å². The smallest absolute Gasteiger partial charge is 0.231 e. The van der Waals surface area contributed by atoms with Crippen molar-refractivity contribution in [3.8, 4) is 23.0 Å². The van der Waals surface area contributed by atoms with Gasteiger partial charge in [0.2, 0.25) is 23.8 Å². The van der Waals surface area contributed by atoms with Crippen LogP contribution in [0.4, 0.5) is 11.6 Å². The van der Waals surface area contributed by atoms with Crippen LogP contribution < -0.4 is 24.8 Å². The molecule has 0 amide bonds. The Labute approximate surface area is 256 Å². The van der Waals surface area contributed by atoms with Crippen LogP contribution in [-0.2, 0) is 6.54 Å². The van der Waals surface area contributed by atoms with Crippen LogP contribution in [0.5, 0.6) is 23.0 Å². The fraction of sp³-hybridized carbons (Fsp3) is 0.250. The Morgan fingerprint density at radius 1 is 0.837 bits per heavy atom. The van der Waals surface area contributed by atoms with E-state index in [4.69, 9.17) is 31.4 Å². The molecule has 3 heterocycles. The van der Waals surface area contributed by atoms with Crippen LogP contribution in [0.2, 0.25) is 0 Å². The number of hydrogen-bond donors (Lipinski definition) is 2. The third-order valence-electron chi connectivity index (χ3n) is 7.01. The van der Waals surface area contributed by atoms with E-state index in [0.29, 0.717) is 17.0 Å². The quantitative estimate of drug-likeness (QED) is 0.167. The minimum atomic E-state index is 0.279. The molecule has 2 aliphatic heterocycles. The molecule has 220 valence electrons. The first-order chi connectivity index (χ1) is 21.0. The van der Waals surface area contributed by atoms with E-state index in [1.807, 2.05) is 80.6 Å². The van der Waals surface area contributed by atoms with Crippen molar-refractivity contribution < 1.29 is 14.2 Å². The van der Waals surface area contributed by atoms with Gasteiger partial charge >= 0.3 is 0 Å². The predicted octanol–water partition coefficient (Wildman–Crippen LogP) is 5.60. The first kappa shape index (κ1) is 28.4. The third-order valence-corrected chi connectivity index (χ3v) is 7.21. The number of aliphatic imine (C=N–C) groups is 1. The van der Waals surface area contributed by atoms with Crippen molar-refractivity contribution in [2.24, 2.45) is 4.99 Å². The Hall–Kier alpha value is -4.74. The Morgan fingerprint density at radius 2 is 1.53 bits per heavy atom. The van der Waals surface area contributed by atoms with E-state index in [0.717, 1.165) is 72.8 Å². The Bertz CT molecular complexity index is 1590. The average Bonchev–Trinajstić information content (AvgIpc) is 3.46. The number of anilines is 2. The zero-order chi connectivity index (χ0) is 29.6. The number of benzene rings is 3. The summed E-state index contributed by atoms with van der Waals surface area (Å²) in [6.45, 7) is 8.23. The molecule has 1 aromatic heterocycles. The molecular weight excluding hydrogens is 562 g/mol. The summed E-state index contributed by atoms with van der Waals surface area (Å²) in [4.78, 5) is 18.5. The van der Waals surface area contributed by atoms with E-state index in [2.05, 4.69) is 42.5 Å². The molecule has 43 heavy (non-hydrogen) atoms. The van der Waals surface area contributed by atoms with Crippen molar-refractivity contribution in [2.45, 2.75) is 20.4 Å². The van der Waals surface area contributed by atoms with Gasteiger partial charge in [-0.05, 0) is 86.2 Å². The van der Waals surface area contributed by atoms with E-state index in [9.17, 15) is 0 Å². The summed E-state index contributed by atoms with van der Waals surface area (Å²) >= 11 is 5.67. The van der Waals surface area contributed by atoms with E-state index < -0.39 is 0 Å². The van der Waals surface area contributed by atoms with Gasteiger partial charge in [0.1, 0.15) is 11.5 Å². The van der Waals surface area contributed by atoms with Crippen molar-refractivity contribution in [1.29, 1.82) is 0 Å². The lowest BCUT2D eigenvalue weighted by atomic mass is 10.1. The second-order valence-corrected chi connectivity index (χ2v) is 10.7. The van der Waals surface area contributed by atoms with E-state index >= 15 is 0 Å². The summed E-state index contributed by atoms with van der Waals surface area (Å²) in [5, 5.41) is 6.88. The Balaban J connectivity index is 1.12. The maximum atomic E-state index is 5.90. The van der Waals surface area contributed by atoms with Crippen LogP contribution in [0.15, 0.2) is 83.9 Å². The number of rotatable bonds is 6. The number of para-hydroxylation sites is 1. The van der Waals surface area contributed by atoms with Crippen molar-refractivity contribution in [1.82, 2.24) is 19.8 Å². The van der Waals surface area contributed by atoms with Gasteiger partial charge in [-0.2, -0.15) is 4.99 Å². The Morgan fingerprint density at radius 3 is 2.28 bits per heavy atom. The molecule has 2 aliphatic rings. The van der Waals surface area contributed by atoms with Gasteiger partial charge in [-0.1, -0.05) is 24.3 Å². The summed E-state index contributed by atoms with van der Waals surface area (Å²) in [6, 6.07) is 25.3. The van der Waals surface area contributed by atoms with Crippen LogP contribution in [0.3, 0.4) is 0 Å². The van der Waals surface area contributed by atoms with Gasteiger partial charge in [0.25, 0.3) is 0 Å². The molecule has 6 rings (SSSR count). The number of piperazine rings is 1. The zero-order valence-corrected chi connectivity index (χ0v) is 24.9. The van der Waals surface area contributed by atoms with Gasteiger partial charge in [-0.15, -0.1) is 0 Å². The minimum Gasteiger partial charge on any atom is -0.457 e. The largest absolute Gasteiger partial charge is 0.457 e. The summed E-state index contributed by atoms with van der Waals surface area (Å²) in [7, 11) is 0. The van der Waals surface area contributed by atoms with Gasteiger partial charge in [0.15, 0.2) is 11.5 Å². The van der Waals surface area contributed by atoms with Gasteiger partial charge in [0.05, 0.1) is 0 Å². The monoisotopic (exact) mass is 595 g/mol. The standard InChI is InChI=1S/C32H33N7O3S/c1-22-18-23(2)34-30(33-22)36-31(37-32(43)35-25-9-11-27(12-10-25)42-26-6-4-3-5-7-26)39-16-14-38(15-17-39)20-24-8-13-28-29(19-24)41-21-40-28/h3-13,18-19H,14-17,20-21H2,1-2H3,(H2,33,34,35,36,37,43). The number of nitrogens with one attached hydrogen (secondary N) is 2. The fourth-order valence-corrected chi connectivity index (χ4v) is 5.16. The highest BCUT2D eigenvalue weighted by molar-refractivity contribution is 7.80. The number of hydrogen-bond acceptors (Lipinski definition) is 7. The maximum absolute atomic E-state index is 5.90. The van der Waals surface area contributed by atoms with Crippen LogP contribution in [0.1, 0.15) is 17.0 Å². The van der Waals surface area contributed by atoms with Crippen LogP contribution >= 0.6 is 12.2 Å². The molecule has 0 atom stereocenters. The fourth-order valence-electron chi connectivity index (χ4n) is 4.95. The first-order valence-electron chi connectivity index (χ1n) is 14.1. The normalized spacial score (nSPS) is 14.8. The van der Waals surface area contributed by atoms with Gasteiger partial charge in [-0.3, -0.25) is 10.2 Å². The second-order valence-electron chi connectivity index (χ2n) is 10.4. The van der Waals surface area contributed by atoms with Crippen molar-refractivity contribution in [3.05, 3.63) is 95.8 Å². The van der Waals surface area contributed by atoms with Crippen LogP contribution in [-0.4, -0.2) is 63.8 Å².